The first-order chi connectivity index (χ1) is 8.21. The molecule has 4 heteroatoms. The van der Waals surface area contributed by atoms with Crippen molar-refractivity contribution in [3.8, 4) is 5.75 Å². The molecule has 0 aliphatic heterocycles. The number of methoxy groups -OCH3 is 1. The van der Waals surface area contributed by atoms with Crippen LogP contribution in [0.2, 0.25) is 0 Å². The Balaban J connectivity index is 2.71. The van der Waals surface area contributed by atoms with E-state index in [1.807, 2.05) is 24.3 Å². The van der Waals surface area contributed by atoms with Crippen molar-refractivity contribution in [2.75, 3.05) is 26.8 Å². The molecule has 0 aromatic heterocycles. The zero-order valence-electron chi connectivity index (χ0n) is 10.0. The molecule has 1 aromatic carbocycles. The summed E-state index contributed by atoms with van der Waals surface area (Å²) in [4.78, 5) is 2.13. The van der Waals surface area contributed by atoms with Gasteiger partial charge in [-0.1, -0.05) is 12.1 Å². The fraction of sp³-hybridized carbons (Fsp3) is 0.385. The normalized spacial score (nSPS) is 10.6. The second kappa shape index (κ2) is 7.48. The Morgan fingerprint density at radius 1 is 1.53 bits per heavy atom. The molecular formula is C13H18BrNO2. The molecule has 0 bridgehead atoms. The molecule has 0 atom stereocenters. The monoisotopic (exact) mass is 299 g/mol. The van der Waals surface area contributed by atoms with Crippen LogP contribution in [0.4, 0.5) is 0 Å². The van der Waals surface area contributed by atoms with E-state index in [9.17, 15) is 0 Å². The van der Waals surface area contributed by atoms with Crippen molar-refractivity contribution in [2.24, 2.45) is 0 Å². The maximum atomic E-state index is 8.97. The molecular weight excluding hydrogens is 282 g/mol. The fourth-order valence-electron chi connectivity index (χ4n) is 1.63. The minimum Gasteiger partial charge on any atom is -0.496 e. The van der Waals surface area contributed by atoms with E-state index in [0.29, 0.717) is 6.54 Å². The van der Waals surface area contributed by atoms with E-state index in [4.69, 9.17) is 9.84 Å². The molecule has 1 aromatic rings. The number of rotatable bonds is 7. The lowest BCUT2D eigenvalue weighted by molar-refractivity contribution is 0.203. The Morgan fingerprint density at radius 3 is 2.82 bits per heavy atom. The highest BCUT2D eigenvalue weighted by Crippen LogP contribution is 2.25. The molecule has 0 saturated heterocycles. The first-order valence-corrected chi connectivity index (χ1v) is 6.27. The van der Waals surface area contributed by atoms with Crippen LogP contribution in [0, 0.1) is 0 Å². The van der Waals surface area contributed by atoms with E-state index in [-0.39, 0.29) is 6.61 Å². The molecule has 1 N–H and O–H groups in total. The number of nitrogens with zero attached hydrogens (tertiary/aromatic N) is 1. The average molecular weight is 300 g/mol. The Bertz CT molecular complexity index is 368. The van der Waals surface area contributed by atoms with E-state index >= 15 is 0 Å². The number of benzene rings is 1. The van der Waals surface area contributed by atoms with Gasteiger partial charge in [0.2, 0.25) is 0 Å². The number of halogens is 1. The lowest BCUT2D eigenvalue weighted by Crippen LogP contribution is -2.26. The molecule has 0 heterocycles. The van der Waals surface area contributed by atoms with E-state index in [0.717, 1.165) is 23.3 Å². The van der Waals surface area contributed by atoms with Gasteiger partial charge in [0.05, 0.1) is 18.2 Å². The van der Waals surface area contributed by atoms with Crippen LogP contribution in [-0.2, 0) is 6.54 Å². The summed E-state index contributed by atoms with van der Waals surface area (Å²) in [6.07, 6.45) is 1.84. The standard InChI is InChI=1S/C13H18BrNO2/c1-3-6-15(7-8-16)10-11-4-5-13(17-2)12(14)9-11/h3-5,9,16H,1,6-8,10H2,2H3. The molecule has 0 spiro atoms. The minimum absolute atomic E-state index is 0.158. The Labute approximate surface area is 111 Å². The van der Waals surface area contributed by atoms with Crippen LogP contribution in [0.5, 0.6) is 5.75 Å². The van der Waals surface area contributed by atoms with Gasteiger partial charge in [-0.05, 0) is 33.6 Å². The van der Waals surface area contributed by atoms with Gasteiger partial charge >= 0.3 is 0 Å². The third-order valence-corrected chi connectivity index (χ3v) is 3.05. The van der Waals surface area contributed by atoms with Crippen LogP contribution in [0.25, 0.3) is 0 Å². The molecule has 0 radical (unpaired) electrons. The van der Waals surface area contributed by atoms with E-state index in [1.54, 1.807) is 7.11 Å². The van der Waals surface area contributed by atoms with Crippen LogP contribution in [0.1, 0.15) is 5.56 Å². The van der Waals surface area contributed by atoms with E-state index in [1.165, 1.54) is 5.56 Å². The number of hydrogen-bond acceptors (Lipinski definition) is 3. The van der Waals surface area contributed by atoms with Crippen molar-refractivity contribution < 1.29 is 9.84 Å². The Morgan fingerprint density at radius 2 is 2.29 bits per heavy atom. The van der Waals surface area contributed by atoms with Crippen LogP contribution >= 0.6 is 15.9 Å². The summed E-state index contributed by atoms with van der Waals surface area (Å²) in [5, 5.41) is 8.97. The summed E-state index contributed by atoms with van der Waals surface area (Å²) in [6.45, 7) is 6.08. The third kappa shape index (κ3) is 4.50. The van der Waals surface area contributed by atoms with Gasteiger partial charge in [-0.3, -0.25) is 4.90 Å². The first kappa shape index (κ1) is 14.2. The quantitative estimate of drug-likeness (QED) is 0.785. The maximum absolute atomic E-state index is 8.97. The highest BCUT2D eigenvalue weighted by atomic mass is 79.9. The van der Waals surface area contributed by atoms with Crippen LogP contribution < -0.4 is 4.74 Å². The third-order valence-electron chi connectivity index (χ3n) is 2.43. The van der Waals surface area contributed by atoms with Gasteiger partial charge in [0.25, 0.3) is 0 Å². The van der Waals surface area contributed by atoms with Crippen LogP contribution in [-0.4, -0.2) is 36.8 Å². The van der Waals surface area contributed by atoms with Crippen molar-refractivity contribution in [1.29, 1.82) is 0 Å². The van der Waals surface area contributed by atoms with Gasteiger partial charge in [-0.2, -0.15) is 0 Å². The summed E-state index contributed by atoms with van der Waals surface area (Å²) in [5.41, 5.74) is 1.17. The van der Waals surface area contributed by atoms with Gasteiger partial charge in [0.15, 0.2) is 0 Å². The number of aliphatic hydroxyl groups is 1. The second-order valence-electron chi connectivity index (χ2n) is 3.72. The van der Waals surface area contributed by atoms with Crippen molar-refractivity contribution in [1.82, 2.24) is 4.90 Å². The lowest BCUT2D eigenvalue weighted by atomic mass is 10.2. The summed E-state index contributed by atoms with van der Waals surface area (Å²) in [6, 6.07) is 5.99. The highest BCUT2D eigenvalue weighted by molar-refractivity contribution is 9.10. The van der Waals surface area contributed by atoms with Crippen molar-refractivity contribution in [3.63, 3.8) is 0 Å². The SMILES string of the molecule is C=CCN(CCO)Cc1ccc(OC)c(Br)c1. The molecule has 0 aliphatic carbocycles. The molecule has 3 nitrogen and oxygen atoms in total. The van der Waals surface area contributed by atoms with Crippen LogP contribution in [0.3, 0.4) is 0 Å². The van der Waals surface area contributed by atoms with Gasteiger partial charge in [0.1, 0.15) is 5.75 Å². The molecule has 0 fully saturated rings. The summed E-state index contributed by atoms with van der Waals surface area (Å²) in [7, 11) is 1.65. The highest BCUT2D eigenvalue weighted by Gasteiger charge is 2.06. The number of hydrogen-bond donors (Lipinski definition) is 1. The maximum Gasteiger partial charge on any atom is 0.133 e. The molecule has 0 unspecified atom stereocenters. The molecule has 0 saturated carbocycles. The molecule has 0 amide bonds. The topological polar surface area (TPSA) is 32.7 Å². The second-order valence-corrected chi connectivity index (χ2v) is 4.57. The number of aliphatic hydroxyl groups excluding tert-OH is 1. The zero-order chi connectivity index (χ0) is 12.7. The molecule has 0 aliphatic rings. The van der Waals surface area contributed by atoms with Crippen molar-refractivity contribution in [2.45, 2.75) is 6.54 Å². The molecule has 1 rings (SSSR count). The lowest BCUT2D eigenvalue weighted by Gasteiger charge is -2.19. The van der Waals surface area contributed by atoms with Crippen molar-refractivity contribution in [3.05, 3.63) is 40.9 Å². The van der Waals surface area contributed by atoms with E-state index in [2.05, 4.69) is 27.4 Å². The van der Waals surface area contributed by atoms with Crippen molar-refractivity contribution >= 4 is 15.9 Å². The predicted octanol–water partition coefficient (Wildman–Crippen LogP) is 2.44. The zero-order valence-corrected chi connectivity index (χ0v) is 11.6. The summed E-state index contributed by atoms with van der Waals surface area (Å²) in [5.74, 6) is 0.825. The van der Waals surface area contributed by atoms with Crippen LogP contribution in [0.15, 0.2) is 35.3 Å². The first-order valence-electron chi connectivity index (χ1n) is 5.47. The Kier molecular flexibility index (Phi) is 6.26. The summed E-state index contributed by atoms with van der Waals surface area (Å²) >= 11 is 3.46. The summed E-state index contributed by atoms with van der Waals surface area (Å²) < 4.78 is 6.13. The predicted molar refractivity (Wildman–Crippen MR) is 73.3 cm³/mol. The van der Waals surface area contributed by atoms with Gasteiger partial charge < -0.3 is 9.84 Å². The number of ether oxygens (including phenoxy) is 1. The van der Waals surface area contributed by atoms with Gasteiger partial charge in [0, 0.05) is 19.6 Å². The van der Waals surface area contributed by atoms with Gasteiger partial charge in [-0.25, -0.2) is 0 Å². The minimum atomic E-state index is 0.158. The fourth-order valence-corrected chi connectivity index (χ4v) is 2.21. The molecule has 94 valence electrons. The smallest absolute Gasteiger partial charge is 0.133 e. The van der Waals surface area contributed by atoms with Gasteiger partial charge in [-0.15, -0.1) is 6.58 Å². The van der Waals surface area contributed by atoms with E-state index < -0.39 is 0 Å². The molecule has 17 heavy (non-hydrogen) atoms. The largest absolute Gasteiger partial charge is 0.496 e. The Hall–Kier alpha value is -0.840. The average Bonchev–Trinajstić information content (AvgIpc) is 2.30.